The number of carbonyl (C=O) groups excluding carboxylic acids is 2. The maximum Gasteiger partial charge on any atom is 0.258 e. The number of piperidine rings is 1. The second kappa shape index (κ2) is 10.8. The molecule has 1 aliphatic rings. The standard InChI is InChI=1S/C27H33N5O4/c1-5-35-20-9-10-22-21(15-20)26(29-18-11-12-28-23(33)14-18)31-25(30-22)17-7-6-8-19(13-17)36-16-24(34)32-27(2,3)4/h6-10,13,15,18H,5,11-12,14,16H2,1-4H3,(H,28,33)(H,32,34)(H,29,30,31). The van der Waals surface area contributed by atoms with Crippen LogP contribution in [0.15, 0.2) is 42.5 Å². The first-order chi connectivity index (χ1) is 17.2. The molecule has 4 rings (SSSR count). The van der Waals surface area contributed by atoms with Crippen LogP contribution in [0.25, 0.3) is 22.3 Å². The highest BCUT2D eigenvalue weighted by Crippen LogP contribution is 2.30. The molecule has 0 radical (unpaired) electrons. The minimum absolute atomic E-state index is 0.0210. The molecule has 36 heavy (non-hydrogen) atoms. The summed E-state index contributed by atoms with van der Waals surface area (Å²) in [5.41, 5.74) is 1.18. The van der Waals surface area contributed by atoms with Crippen LogP contribution in [0, 0.1) is 0 Å². The fourth-order valence-electron chi connectivity index (χ4n) is 4.03. The molecule has 0 saturated carbocycles. The van der Waals surface area contributed by atoms with Crippen molar-refractivity contribution in [1.82, 2.24) is 20.6 Å². The molecule has 1 aliphatic heterocycles. The summed E-state index contributed by atoms with van der Waals surface area (Å²) in [6, 6.07) is 13.0. The highest BCUT2D eigenvalue weighted by Gasteiger charge is 2.21. The number of nitrogens with one attached hydrogen (secondary N) is 3. The Labute approximate surface area is 211 Å². The number of carbonyl (C=O) groups is 2. The van der Waals surface area contributed by atoms with E-state index in [0.29, 0.717) is 37.0 Å². The van der Waals surface area contributed by atoms with E-state index in [-0.39, 0.29) is 30.0 Å². The van der Waals surface area contributed by atoms with E-state index in [4.69, 9.17) is 19.4 Å². The Morgan fingerprint density at radius 2 is 1.92 bits per heavy atom. The van der Waals surface area contributed by atoms with Crippen LogP contribution in [0.2, 0.25) is 0 Å². The molecular formula is C27H33N5O4. The van der Waals surface area contributed by atoms with Gasteiger partial charge in [-0.05, 0) is 64.4 Å². The van der Waals surface area contributed by atoms with Crippen LogP contribution >= 0.6 is 0 Å². The van der Waals surface area contributed by atoms with Crippen molar-refractivity contribution in [2.75, 3.05) is 25.1 Å². The Kier molecular flexibility index (Phi) is 7.57. The first kappa shape index (κ1) is 25.2. The Balaban J connectivity index is 1.63. The number of nitrogens with zero attached hydrogens (tertiary/aromatic N) is 2. The Bertz CT molecular complexity index is 1250. The third-order valence-electron chi connectivity index (χ3n) is 5.54. The maximum absolute atomic E-state index is 12.2. The molecule has 190 valence electrons. The van der Waals surface area contributed by atoms with Crippen molar-refractivity contribution < 1.29 is 19.1 Å². The summed E-state index contributed by atoms with van der Waals surface area (Å²) in [4.78, 5) is 33.7. The Hall–Kier alpha value is -3.88. The molecule has 2 amide bonds. The lowest BCUT2D eigenvalue weighted by molar-refractivity contribution is -0.124. The van der Waals surface area contributed by atoms with Crippen LogP contribution in [0.1, 0.15) is 40.5 Å². The first-order valence-electron chi connectivity index (χ1n) is 12.2. The van der Waals surface area contributed by atoms with Gasteiger partial charge in [-0.2, -0.15) is 0 Å². The van der Waals surface area contributed by atoms with Gasteiger partial charge in [0.1, 0.15) is 17.3 Å². The van der Waals surface area contributed by atoms with Gasteiger partial charge in [0.05, 0.1) is 12.1 Å². The summed E-state index contributed by atoms with van der Waals surface area (Å²) in [5.74, 6) is 2.27. The molecular weight excluding hydrogens is 458 g/mol. The molecule has 0 aliphatic carbocycles. The van der Waals surface area contributed by atoms with Gasteiger partial charge in [-0.3, -0.25) is 9.59 Å². The van der Waals surface area contributed by atoms with Gasteiger partial charge >= 0.3 is 0 Å². The zero-order valence-corrected chi connectivity index (χ0v) is 21.2. The number of hydrogen-bond donors (Lipinski definition) is 3. The summed E-state index contributed by atoms with van der Waals surface area (Å²) in [6.45, 7) is 8.79. The average molecular weight is 492 g/mol. The summed E-state index contributed by atoms with van der Waals surface area (Å²) < 4.78 is 11.4. The van der Waals surface area contributed by atoms with E-state index in [1.807, 2.05) is 64.1 Å². The number of amides is 2. The molecule has 0 spiro atoms. The van der Waals surface area contributed by atoms with Crippen molar-refractivity contribution in [2.24, 2.45) is 0 Å². The Morgan fingerprint density at radius 1 is 1.11 bits per heavy atom. The van der Waals surface area contributed by atoms with E-state index in [1.54, 1.807) is 6.07 Å². The normalized spacial score (nSPS) is 15.8. The van der Waals surface area contributed by atoms with Crippen molar-refractivity contribution in [3.63, 3.8) is 0 Å². The second-order valence-corrected chi connectivity index (χ2v) is 9.81. The molecule has 3 N–H and O–H groups in total. The van der Waals surface area contributed by atoms with E-state index in [9.17, 15) is 9.59 Å². The minimum Gasteiger partial charge on any atom is -0.494 e. The molecule has 9 heteroatoms. The summed E-state index contributed by atoms with van der Waals surface area (Å²) >= 11 is 0. The quantitative estimate of drug-likeness (QED) is 0.440. The minimum atomic E-state index is -0.328. The number of hydrogen-bond acceptors (Lipinski definition) is 7. The number of anilines is 1. The molecule has 1 fully saturated rings. The molecule has 3 aromatic rings. The van der Waals surface area contributed by atoms with Crippen LogP contribution in [0.4, 0.5) is 5.82 Å². The van der Waals surface area contributed by atoms with E-state index in [2.05, 4.69) is 16.0 Å². The molecule has 1 saturated heterocycles. The van der Waals surface area contributed by atoms with Crippen LogP contribution in [-0.2, 0) is 9.59 Å². The van der Waals surface area contributed by atoms with Gasteiger partial charge in [0, 0.05) is 35.5 Å². The van der Waals surface area contributed by atoms with E-state index < -0.39 is 0 Å². The van der Waals surface area contributed by atoms with Gasteiger partial charge in [-0.15, -0.1) is 0 Å². The van der Waals surface area contributed by atoms with E-state index >= 15 is 0 Å². The first-order valence-corrected chi connectivity index (χ1v) is 12.2. The van der Waals surface area contributed by atoms with Crippen molar-refractivity contribution >= 4 is 28.5 Å². The molecule has 1 unspecified atom stereocenters. The average Bonchev–Trinajstić information content (AvgIpc) is 2.82. The molecule has 2 aromatic carbocycles. The van der Waals surface area contributed by atoms with E-state index in [1.165, 1.54) is 0 Å². The lowest BCUT2D eigenvalue weighted by Crippen LogP contribution is -2.43. The molecule has 1 atom stereocenters. The number of aromatic nitrogens is 2. The van der Waals surface area contributed by atoms with E-state index in [0.717, 1.165) is 28.6 Å². The van der Waals surface area contributed by atoms with Gasteiger partial charge in [-0.25, -0.2) is 9.97 Å². The third kappa shape index (κ3) is 6.62. The van der Waals surface area contributed by atoms with Crippen LogP contribution in [-0.4, -0.2) is 53.1 Å². The van der Waals surface area contributed by atoms with Crippen molar-refractivity contribution in [2.45, 2.75) is 52.1 Å². The maximum atomic E-state index is 12.2. The lowest BCUT2D eigenvalue weighted by Gasteiger charge is -2.24. The monoisotopic (exact) mass is 491 g/mol. The van der Waals surface area contributed by atoms with Gasteiger partial charge in [0.2, 0.25) is 5.91 Å². The van der Waals surface area contributed by atoms with Gasteiger partial charge in [0.25, 0.3) is 5.91 Å². The molecule has 1 aromatic heterocycles. The molecule has 2 heterocycles. The fourth-order valence-corrected chi connectivity index (χ4v) is 4.03. The molecule has 9 nitrogen and oxygen atoms in total. The number of ether oxygens (including phenoxy) is 2. The number of fused-ring (bicyclic) bond motifs is 1. The van der Waals surface area contributed by atoms with Crippen LogP contribution in [0.3, 0.4) is 0 Å². The van der Waals surface area contributed by atoms with Gasteiger partial charge in [-0.1, -0.05) is 12.1 Å². The highest BCUT2D eigenvalue weighted by atomic mass is 16.5. The summed E-state index contributed by atoms with van der Waals surface area (Å²) in [5, 5.41) is 10.0. The predicted molar refractivity (Wildman–Crippen MR) is 139 cm³/mol. The SMILES string of the molecule is CCOc1ccc2nc(-c3cccc(OCC(=O)NC(C)(C)C)c3)nc(NC3CCNC(=O)C3)c2c1. The van der Waals surface area contributed by atoms with Crippen LogP contribution < -0.4 is 25.4 Å². The van der Waals surface area contributed by atoms with Crippen molar-refractivity contribution in [1.29, 1.82) is 0 Å². The predicted octanol–water partition coefficient (Wildman–Crippen LogP) is 3.68. The lowest BCUT2D eigenvalue weighted by atomic mass is 10.1. The Morgan fingerprint density at radius 3 is 2.67 bits per heavy atom. The second-order valence-electron chi connectivity index (χ2n) is 9.81. The zero-order valence-electron chi connectivity index (χ0n) is 21.2. The zero-order chi connectivity index (χ0) is 25.7. The largest absolute Gasteiger partial charge is 0.494 e. The van der Waals surface area contributed by atoms with Crippen LogP contribution in [0.5, 0.6) is 11.5 Å². The van der Waals surface area contributed by atoms with Gasteiger partial charge < -0.3 is 25.4 Å². The van der Waals surface area contributed by atoms with Crippen molar-refractivity contribution in [3.8, 4) is 22.9 Å². The molecule has 0 bridgehead atoms. The number of benzene rings is 2. The van der Waals surface area contributed by atoms with Crippen molar-refractivity contribution in [3.05, 3.63) is 42.5 Å². The summed E-state index contributed by atoms with van der Waals surface area (Å²) in [6.07, 6.45) is 1.18. The topological polar surface area (TPSA) is 114 Å². The summed E-state index contributed by atoms with van der Waals surface area (Å²) in [7, 11) is 0. The smallest absolute Gasteiger partial charge is 0.258 e. The fraction of sp³-hybridized carbons (Fsp3) is 0.407. The third-order valence-corrected chi connectivity index (χ3v) is 5.54. The highest BCUT2D eigenvalue weighted by molar-refractivity contribution is 5.92. The number of rotatable bonds is 8. The van der Waals surface area contributed by atoms with Gasteiger partial charge in [0.15, 0.2) is 12.4 Å².